The summed E-state index contributed by atoms with van der Waals surface area (Å²) in [5, 5.41) is 0. The topological polar surface area (TPSA) is 9.23 Å². The Morgan fingerprint density at radius 1 is 1.71 bits per heavy atom. The van der Waals surface area contributed by atoms with Crippen LogP contribution in [0.4, 0.5) is 0 Å². The minimum Gasteiger partial charge on any atom is -0.381 e. The molecule has 1 nitrogen and oxygen atoms in total. The molecule has 1 aliphatic rings. The molecule has 0 amide bonds. The zero-order valence-corrected chi connectivity index (χ0v) is 5.31. The molecule has 1 heterocycles. The van der Waals surface area contributed by atoms with Crippen molar-refractivity contribution in [1.82, 2.24) is 0 Å². The van der Waals surface area contributed by atoms with Crippen LogP contribution in [0.15, 0.2) is 0 Å². The van der Waals surface area contributed by atoms with Crippen molar-refractivity contribution in [3.05, 3.63) is 0 Å². The van der Waals surface area contributed by atoms with E-state index < -0.39 is 0 Å². The molecule has 0 spiro atoms. The zero-order valence-electron chi connectivity index (χ0n) is 4.31. The van der Waals surface area contributed by atoms with Gasteiger partial charge < -0.3 is 4.74 Å². The van der Waals surface area contributed by atoms with Gasteiger partial charge in [-0.05, 0) is 12.3 Å². The molecular weight excluding hydrogens is 104 g/mol. The molecule has 0 N–H and O–H groups in total. The summed E-state index contributed by atoms with van der Waals surface area (Å²) in [4.78, 5) is 0. The van der Waals surface area contributed by atoms with E-state index in [0.29, 0.717) is 0 Å². The Hall–Kier alpha value is 0.177. The molecule has 2 heteroatoms. The zero-order chi connectivity index (χ0) is 5.11. The number of ether oxygens (including phenoxy) is 1. The van der Waals surface area contributed by atoms with Gasteiger partial charge in [-0.25, -0.2) is 0 Å². The molecule has 1 rings (SSSR count). The Balaban J connectivity index is 2.14. The van der Waals surface area contributed by atoms with Crippen molar-refractivity contribution < 1.29 is 4.74 Å². The SMILES string of the molecule is [Si]CC1CCOC1. The largest absolute Gasteiger partial charge is 0.381 e. The van der Waals surface area contributed by atoms with Crippen LogP contribution in [0.2, 0.25) is 6.04 Å². The second-order valence-corrected chi connectivity index (χ2v) is 2.34. The first-order chi connectivity index (χ1) is 3.43. The summed E-state index contributed by atoms with van der Waals surface area (Å²) in [7, 11) is 3.44. The minimum absolute atomic E-state index is 0.789. The second-order valence-electron chi connectivity index (χ2n) is 1.93. The van der Waals surface area contributed by atoms with Gasteiger partial charge in [0.2, 0.25) is 0 Å². The normalized spacial score (nSPS) is 31.3. The minimum atomic E-state index is 0.789. The number of hydrogen-bond donors (Lipinski definition) is 0. The Bertz CT molecular complexity index is 50.0. The highest BCUT2D eigenvalue weighted by Gasteiger charge is 2.11. The molecule has 39 valence electrons. The molecular formula is C5H9OSi. The smallest absolute Gasteiger partial charge is 0.0492 e. The van der Waals surface area contributed by atoms with Crippen LogP contribution in [0.1, 0.15) is 6.42 Å². The van der Waals surface area contributed by atoms with Gasteiger partial charge in [-0.2, -0.15) is 0 Å². The van der Waals surface area contributed by atoms with Gasteiger partial charge in [0.25, 0.3) is 0 Å². The first-order valence-electron chi connectivity index (χ1n) is 2.66. The van der Waals surface area contributed by atoms with Gasteiger partial charge in [-0.1, -0.05) is 6.04 Å². The van der Waals surface area contributed by atoms with E-state index in [9.17, 15) is 0 Å². The highest BCUT2D eigenvalue weighted by atomic mass is 28.1. The molecule has 1 aliphatic heterocycles. The standard InChI is InChI=1S/C5H9OSi/c7-4-5-1-2-6-3-5/h5H,1-4H2. The van der Waals surface area contributed by atoms with Crippen LogP contribution in [-0.4, -0.2) is 23.5 Å². The third-order valence-corrected chi connectivity index (χ3v) is 1.89. The summed E-state index contributed by atoms with van der Waals surface area (Å²) < 4.78 is 5.12. The first-order valence-corrected chi connectivity index (χ1v) is 3.36. The molecule has 0 bridgehead atoms. The van der Waals surface area contributed by atoms with Gasteiger partial charge in [-0.15, -0.1) is 0 Å². The van der Waals surface area contributed by atoms with Crippen molar-refractivity contribution >= 4 is 10.2 Å². The summed E-state index contributed by atoms with van der Waals surface area (Å²) in [6, 6.07) is 1.10. The lowest BCUT2D eigenvalue weighted by Gasteiger charge is -1.97. The second kappa shape index (κ2) is 2.48. The van der Waals surface area contributed by atoms with Crippen LogP contribution in [0.25, 0.3) is 0 Å². The van der Waals surface area contributed by atoms with Crippen molar-refractivity contribution in [3.63, 3.8) is 0 Å². The van der Waals surface area contributed by atoms with Gasteiger partial charge in [0.15, 0.2) is 0 Å². The van der Waals surface area contributed by atoms with Crippen LogP contribution < -0.4 is 0 Å². The maximum absolute atomic E-state index is 5.12. The van der Waals surface area contributed by atoms with Gasteiger partial charge in [0.05, 0.1) is 0 Å². The fraction of sp³-hybridized carbons (Fsp3) is 1.00. The lowest BCUT2D eigenvalue weighted by atomic mass is 10.2. The summed E-state index contributed by atoms with van der Waals surface area (Å²) in [6.07, 6.45) is 1.24. The van der Waals surface area contributed by atoms with E-state index in [1.165, 1.54) is 6.42 Å². The molecule has 0 aromatic carbocycles. The van der Waals surface area contributed by atoms with Crippen LogP contribution in [0.5, 0.6) is 0 Å². The Morgan fingerprint density at radius 2 is 2.57 bits per heavy atom. The van der Waals surface area contributed by atoms with Crippen LogP contribution in [-0.2, 0) is 4.74 Å². The van der Waals surface area contributed by atoms with Gasteiger partial charge in [0, 0.05) is 23.5 Å². The first kappa shape index (κ1) is 5.32. The predicted octanol–water partition coefficient (Wildman–Crippen LogP) is 0.610. The molecule has 0 aromatic heterocycles. The van der Waals surface area contributed by atoms with Crippen molar-refractivity contribution in [2.75, 3.05) is 13.2 Å². The molecule has 1 atom stereocenters. The molecule has 3 radical (unpaired) electrons. The van der Waals surface area contributed by atoms with E-state index in [2.05, 4.69) is 10.2 Å². The number of rotatable bonds is 1. The Kier molecular flexibility index (Phi) is 1.88. The summed E-state index contributed by atoms with van der Waals surface area (Å²) in [5.74, 6) is 0.789. The summed E-state index contributed by atoms with van der Waals surface area (Å²) in [5.41, 5.74) is 0. The van der Waals surface area contributed by atoms with Gasteiger partial charge >= 0.3 is 0 Å². The quantitative estimate of drug-likeness (QED) is 0.453. The summed E-state index contributed by atoms with van der Waals surface area (Å²) >= 11 is 0. The Morgan fingerprint density at radius 3 is 2.86 bits per heavy atom. The van der Waals surface area contributed by atoms with Crippen molar-refractivity contribution in [2.24, 2.45) is 5.92 Å². The van der Waals surface area contributed by atoms with E-state index in [1.54, 1.807) is 0 Å². The maximum atomic E-state index is 5.12. The average molecular weight is 113 g/mol. The van der Waals surface area contributed by atoms with E-state index in [-0.39, 0.29) is 0 Å². The Labute approximate surface area is 47.5 Å². The van der Waals surface area contributed by atoms with Crippen molar-refractivity contribution in [1.29, 1.82) is 0 Å². The fourth-order valence-electron chi connectivity index (χ4n) is 0.744. The maximum Gasteiger partial charge on any atom is 0.0492 e. The van der Waals surface area contributed by atoms with Crippen molar-refractivity contribution in [2.45, 2.75) is 12.5 Å². The highest BCUT2D eigenvalue weighted by Crippen LogP contribution is 2.13. The van der Waals surface area contributed by atoms with E-state index in [1.807, 2.05) is 0 Å². The predicted molar refractivity (Wildman–Crippen MR) is 29.5 cm³/mol. The number of hydrogen-bond acceptors (Lipinski definition) is 1. The van der Waals surface area contributed by atoms with E-state index in [4.69, 9.17) is 4.74 Å². The molecule has 1 fully saturated rings. The third-order valence-electron chi connectivity index (χ3n) is 1.31. The fourth-order valence-corrected chi connectivity index (χ4v) is 1.07. The lowest BCUT2D eigenvalue weighted by molar-refractivity contribution is 0.188. The van der Waals surface area contributed by atoms with Crippen molar-refractivity contribution in [3.8, 4) is 0 Å². The molecule has 0 aromatic rings. The molecule has 1 saturated heterocycles. The molecule has 0 aliphatic carbocycles. The average Bonchev–Trinajstić information content (AvgIpc) is 2.14. The molecule has 0 saturated carbocycles. The van der Waals surface area contributed by atoms with E-state index in [0.717, 1.165) is 25.2 Å². The molecule has 7 heavy (non-hydrogen) atoms. The highest BCUT2D eigenvalue weighted by molar-refractivity contribution is 6.08. The monoisotopic (exact) mass is 113 g/mol. The van der Waals surface area contributed by atoms with E-state index >= 15 is 0 Å². The van der Waals surface area contributed by atoms with Crippen LogP contribution >= 0.6 is 0 Å². The van der Waals surface area contributed by atoms with Gasteiger partial charge in [-0.3, -0.25) is 0 Å². The van der Waals surface area contributed by atoms with Gasteiger partial charge in [0.1, 0.15) is 0 Å². The van der Waals surface area contributed by atoms with Crippen LogP contribution in [0, 0.1) is 5.92 Å². The third kappa shape index (κ3) is 1.28. The lowest BCUT2D eigenvalue weighted by Crippen LogP contribution is -1.95. The molecule has 1 unspecified atom stereocenters. The van der Waals surface area contributed by atoms with Crippen LogP contribution in [0.3, 0.4) is 0 Å². The summed E-state index contributed by atoms with van der Waals surface area (Å²) in [6.45, 7) is 1.93.